The predicted octanol–water partition coefficient (Wildman–Crippen LogP) is 4.87. The molecule has 7 heteroatoms. The molecule has 1 atom stereocenters. The van der Waals surface area contributed by atoms with E-state index in [0.29, 0.717) is 21.8 Å². The summed E-state index contributed by atoms with van der Waals surface area (Å²) < 4.78 is 0. The van der Waals surface area contributed by atoms with Crippen LogP contribution in [0.3, 0.4) is 0 Å². The minimum absolute atomic E-state index is 0.0154. The van der Waals surface area contributed by atoms with Crippen LogP contribution in [-0.4, -0.2) is 26.9 Å². The van der Waals surface area contributed by atoms with Gasteiger partial charge in [-0.05, 0) is 68.7 Å². The van der Waals surface area contributed by atoms with E-state index in [-0.39, 0.29) is 11.3 Å². The Balaban J connectivity index is 1.92. The van der Waals surface area contributed by atoms with Crippen LogP contribution in [0.4, 0.5) is 5.69 Å². The molecule has 1 unspecified atom stereocenters. The summed E-state index contributed by atoms with van der Waals surface area (Å²) in [5.41, 5.74) is 3.70. The van der Waals surface area contributed by atoms with Crippen LogP contribution in [0.1, 0.15) is 43.1 Å². The maximum Gasteiger partial charge on any atom is 0.294 e. The average molecular weight is 435 g/mol. The minimum Gasteiger partial charge on any atom is -0.508 e. The van der Waals surface area contributed by atoms with Crippen molar-refractivity contribution in [3.8, 4) is 5.75 Å². The average Bonchev–Trinajstić information content (AvgIpc) is 3.17. The minimum atomic E-state index is -0.830. The van der Waals surface area contributed by atoms with Crippen LogP contribution in [0, 0.1) is 27.7 Å². The van der Waals surface area contributed by atoms with Crippen molar-refractivity contribution in [3.05, 3.63) is 86.1 Å². The van der Waals surface area contributed by atoms with Crippen molar-refractivity contribution in [2.75, 3.05) is 4.90 Å². The van der Waals surface area contributed by atoms with E-state index in [9.17, 15) is 19.8 Å². The van der Waals surface area contributed by atoms with Gasteiger partial charge in [-0.1, -0.05) is 18.2 Å². The maximum atomic E-state index is 13.5. The van der Waals surface area contributed by atoms with E-state index in [1.165, 1.54) is 28.4 Å². The molecule has 0 aliphatic carbocycles. The molecular formula is C24H22N2O4S. The molecule has 0 saturated carbocycles. The summed E-state index contributed by atoms with van der Waals surface area (Å²) in [7, 11) is 0. The predicted molar refractivity (Wildman–Crippen MR) is 120 cm³/mol. The summed E-state index contributed by atoms with van der Waals surface area (Å²) in [6.07, 6.45) is 0. The van der Waals surface area contributed by atoms with Gasteiger partial charge in [0.15, 0.2) is 5.76 Å². The zero-order valence-electron chi connectivity index (χ0n) is 17.6. The molecule has 0 spiro atoms. The Hall–Kier alpha value is -3.45. The molecule has 1 amide bonds. The highest BCUT2D eigenvalue weighted by Gasteiger charge is 2.45. The third-order valence-corrected chi connectivity index (χ3v) is 6.33. The van der Waals surface area contributed by atoms with Gasteiger partial charge in [0.2, 0.25) is 5.78 Å². The molecule has 2 heterocycles. The summed E-state index contributed by atoms with van der Waals surface area (Å²) in [4.78, 5) is 32.9. The van der Waals surface area contributed by atoms with Gasteiger partial charge >= 0.3 is 0 Å². The monoisotopic (exact) mass is 434 g/mol. The fourth-order valence-corrected chi connectivity index (χ4v) is 4.90. The maximum absolute atomic E-state index is 13.5. The van der Waals surface area contributed by atoms with Gasteiger partial charge in [-0.3, -0.25) is 14.5 Å². The molecule has 1 aromatic heterocycles. The first-order valence-electron chi connectivity index (χ1n) is 9.80. The second-order valence-electron chi connectivity index (χ2n) is 7.75. The van der Waals surface area contributed by atoms with Crippen molar-refractivity contribution in [2.24, 2.45) is 0 Å². The summed E-state index contributed by atoms with van der Waals surface area (Å²) in [6.45, 7) is 7.40. The van der Waals surface area contributed by atoms with Crippen molar-refractivity contribution >= 4 is 28.7 Å². The lowest BCUT2D eigenvalue weighted by molar-refractivity contribution is -0.117. The van der Waals surface area contributed by atoms with E-state index >= 15 is 0 Å². The van der Waals surface area contributed by atoms with Crippen LogP contribution < -0.4 is 4.90 Å². The lowest BCUT2D eigenvalue weighted by Crippen LogP contribution is -2.31. The van der Waals surface area contributed by atoms with Gasteiger partial charge in [0.25, 0.3) is 5.91 Å². The van der Waals surface area contributed by atoms with E-state index in [2.05, 4.69) is 4.98 Å². The van der Waals surface area contributed by atoms with Crippen LogP contribution in [-0.2, 0) is 4.79 Å². The van der Waals surface area contributed by atoms with E-state index in [4.69, 9.17) is 0 Å². The van der Waals surface area contributed by atoms with Gasteiger partial charge in [0.05, 0.1) is 27.2 Å². The zero-order chi connectivity index (χ0) is 22.4. The number of Topliss-reactive ketones (excluding diaryl/α,β-unsaturated/α-hetero) is 1. The van der Waals surface area contributed by atoms with Crippen molar-refractivity contribution in [3.63, 3.8) is 0 Å². The molecular weight excluding hydrogens is 412 g/mol. The molecule has 2 N–H and O–H groups in total. The first-order valence-corrected chi connectivity index (χ1v) is 10.6. The van der Waals surface area contributed by atoms with Crippen LogP contribution in [0.25, 0.3) is 0 Å². The molecule has 1 aliphatic heterocycles. The Morgan fingerprint density at radius 2 is 1.61 bits per heavy atom. The number of phenolic OH excluding ortho intramolecular Hbond substituents is 1. The standard InChI is InChI=1S/C24H22N2O4S/c1-12-9-13(2)11-17(10-12)26-20(16-5-7-18(27)8-6-16)19(22(29)24(26)30)21(28)23-14(3)25-15(4)31-23/h5-11,20,27,29H,1-4H3. The largest absolute Gasteiger partial charge is 0.508 e. The highest BCUT2D eigenvalue weighted by atomic mass is 32.1. The Morgan fingerprint density at radius 3 is 2.16 bits per heavy atom. The number of hydrogen-bond acceptors (Lipinski definition) is 6. The summed E-state index contributed by atoms with van der Waals surface area (Å²) in [5.74, 6) is -1.54. The van der Waals surface area contributed by atoms with Gasteiger partial charge in [0, 0.05) is 5.69 Å². The number of nitrogens with zero attached hydrogens (tertiary/aromatic N) is 2. The van der Waals surface area contributed by atoms with Crippen LogP contribution in [0.2, 0.25) is 0 Å². The third-order valence-electron chi connectivity index (χ3n) is 5.26. The van der Waals surface area contributed by atoms with Gasteiger partial charge in [-0.2, -0.15) is 0 Å². The summed E-state index contributed by atoms with van der Waals surface area (Å²) in [5, 5.41) is 21.3. The number of benzene rings is 2. The fraction of sp³-hybridized carbons (Fsp3) is 0.208. The molecule has 6 nitrogen and oxygen atoms in total. The summed E-state index contributed by atoms with van der Waals surface area (Å²) in [6, 6.07) is 11.2. The topological polar surface area (TPSA) is 90.7 Å². The Morgan fingerprint density at radius 1 is 1.00 bits per heavy atom. The number of carbonyl (C=O) groups is 2. The number of hydrogen-bond donors (Lipinski definition) is 2. The number of amides is 1. The number of rotatable bonds is 4. The van der Waals surface area contributed by atoms with E-state index in [1.54, 1.807) is 19.1 Å². The number of thiazole rings is 1. The van der Waals surface area contributed by atoms with Gasteiger partial charge < -0.3 is 10.2 Å². The molecule has 31 heavy (non-hydrogen) atoms. The molecule has 0 radical (unpaired) electrons. The molecule has 3 aromatic rings. The molecule has 158 valence electrons. The number of aliphatic hydroxyl groups is 1. The summed E-state index contributed by atoms with van der Waals surface area (Å²) >= 11 is 1.24. The number of phenols is 1. The van der Waals surface area contributed by atoms with Gasteiger partial charge in [0.1, 0.15) is 5.75 Å². The Kier molecular flexibility index (Phi) is 5.15. The number of carbonyl (C=O) groups excluding carboxylic acids is 2. The normalized spacial score (nSPS) is 16.3. The highest BCUT2D eigenvalue weighted by Crippen LogP contribution is 2.43. The number of anilines is 1. The Labute approximate surface area is 184 Å². The number of aromatic hydroxyl groups is 1. The van der Waals surface area contributed by atoms with Crippen molar-refractivity contribution in [1.29, 1.82) is 0 Å². The third kappa shape index (κ3) is 3.61. The van der Waals surface area contributed by atoms with Crippen LogP contribution >= 0.6 is 11.3 Å². The second-order valence-corrected chi connectivity index (χ2v) is 8.96. The van der Waals surface area contributed by atoms with Crippen LogP contribution in [0.15, 0.2) is 53.8 Å². The smallest absolute Gasteiger partial charge is 0.294 e. The first kappa shape index (κ1) is 20.8. The molecule has 0 bridgehead atoms. The lowest BCUT2D eigenvalue weighted by Gasteiger charge is -2.27. The molecule has 1 aliphatic rings. The van der Waals surface area contributed by atoms with Gasteiger partial charge in [-0.25, -0.2) is 4.98 Å². The van der Waals surface area contributed by atoms with Crippen molar-refractivity contribution in [2.45, 2.75) is 33.7 Å². The fourth-order valence-electron chi connectivity index (χ4n) is 4.03. The Bertz CT molecular complexity index is 1220. The number of aromatic nitrogens is 1. The van der Waals surface area contributed by atoms with Crippen molar-refractivity contribution in [1.82, 2.24) is 4.98 Å². The van der Waals surface area contributed by atoms with Crippen molar-refractivity contribution < 1.29 is 19.8 Å². The highest BCUT2D eigenvalue weighted by molar-refractivity contribution is 7.14. The van der Waals surface area contributed by atoms with Gasteiger partial charge in [-0.15, -0.1) is 11.3 Å². The lowest BCUT2D eigenvalue weighted by atomic mass is 9.94. The quantitative estimate of drug-likeness (QED) is 0.572. The molecule has 4 rings (SSSR count). The second kappa shape index (κ2) is 7.67. The first-order chi connectivity index (χ1) is 14.7. The van der Waals surface area contributed by atoms with E-state index in [1.807, 2.05) is 39.0 Å². The number of aryl methyl sites for hydroxylation is 4. The zero-order valence-corrected chi connectivity index (χ0v) is 18.4. The van der Waals surface area contributed by atoms with Crippen LogP contribution in [0.5, 0.6) is 5.75 Å². The molecule has 0 fully saturated rings. The SMILES string of the molecule is Cc1cc(C)cc(N2C(=O)C(O)=C(C(=O)c3sc(C)nc3C)C2c2ccc(O)cc2)c1. The van der Waals surface area contributed by atoms with E-state index in [0.717, 1.165) is 16.1 Å². The van der Waals surface area contributed by atoms with E-state index < -0.39 is 23.5 Å². The number of aliphatic hydroxyl groups excluding tert-OH is 1. The molecule has 0 saturated heterocycles. The number of ketones is 1. The molecule has 2 aromatic carbocycles.